The second-order valence-electron chi connectivity index (χ2n) is 17.7. The molecule has 15 heteroatoms. The number of aromatic nitrogens is 4. The third kappa shape index (κ3) is 7.38. The Morgan fingerprint density at radius 2 is 1.65 bits per heavy atom. The van der Waals surface area contributed by atoms with E-state index in [9.17, 15) is 19.2 Å². The van der Waals surface area contributed by atoms with Crippen LogP contribution in [-0.2, 0) is 25.7 Å². The number of nitrogens with zero attached hydrogens (tertiary/aromatic N) is 4. The van der Waals surface area contributed by atoms with Crippen LogP contribution in [0.25, 0.3) is 44.2 Å². The maximum atomic E-state index is 14.1. The van der Waals surface area contributed by atoms with E-state index in [1.807, 2.05) is 63.6 Å². The van der Waals surface area contributed by atoms with E-state index in [0.717, 1.165) is 81.2 Å². The molecule has 4 N–H and O–H groups in total. The molecule has 5 aromatic rings. The zero-order chi connectivity index (χ0) is 42.6. The number of carbonyl (C=O) groups is 4. The normalized spacial score (nSPS) is 19.8. The fraction of sp³-hybridized carbons (Fsp3) is 0.467. The quantitative estimate of drug-likeness (QED) is 0.123. The first kappa shape index (κ1) is 40.7. The molecule has 0 spiro atoms. The molecule has 5 atom stereocenters. The van der Waals surface area contributed by atoms with Gasteiger partial charge in [0.1, 0.15) is 36.1 Å². The number of methoxy groups -OCH3 is 2. The average Bonchev–Trinajstić information content (AvgIpc) is 4.06. The molecule has 0 unspecified atom stereocenters. The molecule has 2 saturated heterocycles. The van der Waals surface area contributed by atoms with E-state index in [0.29, 0.717) is 24.8 Å². The van der Waals surface area contributed by atoms with Gasteiger partial charge < -0.3 is 44.6 Å². The standard InChI is InChI=1S/C45H54N8O7/c1-23(2)36(50-43(56)58-7)41(54)52-17-9-10-33(52)40-47-31-15-13-25-19-30-28-14-12-26(18-27(28)22-60-35(30)20-29(25)37(31)49-40)32-21-46-39(48-32)34-16-11-24(3)53(34)42(55)38(45(4,5)6)51-44(57)59-8/h12-15,18-21,23-24,33-34,36,38H,9-11,16-17,22H2,1-8H3,(H,46,48)(H,47,49)(H,50,56)(H,51,57)/t24-,33-,34-,36-,38+/m0/s1. The molecule has 4 amide bonds. The lowest BCUT2D eigenvalue weighted by molar-refractivity contribution is -0.139. The summed E-state index contributed by atoms with van der Waals surface area (Å²) in [6.07, 6.45) is 3.69. The fourth-order valence-electron chi connectivity index (χ4n) is 9.08. The number of amides is 4. The van der Waals surface area contributed by atoms with E-state index < -0.39 is 29.7 Å². The Hall–Kier alpha value is -6.12. The van der Waals surface area contributed by atoms with Crippen LogP contribution in [0.1, 0.15) is 96.5 Å². The van der Waals surface area contributed by atoms with Gasteiger partial charge in [-0.15, -0.1) is 0 Å². The Kier molecular flexibility index (Phi) is 10.7. The van der Waals surface area contributed by atoms with Crippen molar-refractivity contribution in [3.8, 4) is 28.1 Å². The van der Waals surface area contributed by atoms with Crippen molar-refractivity contribution in [3.63, 3.8) is 0 Å². The molecule has 8 rings (SSSR count). The lowest BCUT2D eigenvalue weighted by Gasteiger charge is -2.36. The van der Waals surface area contributed by atoms with Crippen molar-refractivity contribution in [2.24, 2.45) is 11.3 Å². The van der Waals surface area contributed by atoms with E-state index in [-0.39, 0.29) is 35.9 Å². The minimum absolute atomic E-state index is 0.0296. The molecule has 2 aromatic heterocycles. The first-order valence-corrected chi connectivity index (χ1v) is 20.8. The van der Waals surface area contributed by atoms with Gasteiger partial charge in [0.05, 0.1) is 49.2 Å². The van der Waals surface area contributed by atoms with Crippen LogP contribution in [0.3, 0.4) is 0 Å². The molecule has 3 aromatic carbocycles. The van der Waals surface area contributed by atoms with Gasteiger partial charge in [-0.3, -0.25) is 9.59 Å². The van der Waals surface area contributed by atoms with Gasteiger partial charge in [0.2, 0.25) is 11.8 Å². The van der Waals surface area contributed by atoms with Crippen molar-refractivity contribution < 1.29 is 33.4 Å². The van der Waals surface area contributed by atoms with Gasteiger partial charge in [0.15, 0.2) is 0 Å². The Labute approximate surface area is 348 Å². The van der Waals surface area contributed by atoms with Crippen LogP contribution in [0.2, 0.25) is 0 Å². The largest absolute Gasteiger partial charge is 0.488 e. The van der Waals surface area contributed by atoms with Gasteiger partial charge in [-0.05, 0) is 90.3 Å². The Bertz CT molecular complexity index is 2480. The topological polar surface area (TPSA) is 184 Å². The van der Waals surface area contributed by atoms with Crippen LogP contribution in [0.15, 0.2) is 48.7 Å². The Morgan fingerprint density at radius 3 is 2.38 bits per heavy atom. The molecule has 60 heavy (non-hydrogen) atoms. The number of rotatable bonds is 8. The first-order chi connectivity index (χ1) is 28.7. The fourth-order valence-corrected chi connectivity index (χ4v) is 9.08. The number of ether oxygens (including phenoxy) is 3. The van der Waals surface area contributed by atoms with Crippen LogP contribution < -0.4 is 15.4 Å². The summed E-state index contributed by atoms with van der Waals surface area (Å²) in [7, 11) is 2.59. The molecular weight excluding hydrogens is 765 g/mol. The van der Waals surface area contributed by atoms with Gasteiger partial charge in [0, 0.05) is 23.5 Å². The van der Waals surface area contributed by atoms with Crippen molar-refractivity contribution in [1.82, 2.24) is 40.4 Å². The number of nitrogens with one attached hydrogen (secondary N) is 4. The summed E-state index contributed by atoms with van der Waals surface area (Å²) in [5.74, 6) is 1.76. The molecule has 5 heterocycles. The maximum Gasteiger partial charge on any atom is 0.407 e. The van der Waals surface area contributed by atoms with E-state index >= 15 is 0 Å². The molecule has 0 aliphatic carbocycles. The molecule has 0 radical (unpaired) electrons. The summed E-state index contributed by atoms with van der Waals surface area (Å²) in [6, 6.07) is 12.6. The van der Waals surface area contributed by atoms with E-state index in [1.165, 1.54) is 14.2 Å². The third-order valence-corrected chi connectivity index (χ3v) is 12.3. The summed E-state index contributed by atoms with van der Waals surface area (Å²) < 4.78 is 16.1. The van der Waals surface area contributed by atoms with Gasteiger partial charge in [0.25, 0.3) is 0 Å². The van der Waals surface area contributed by atoms with Crippen LogP contribution in [0.5, 0.6) is 5.75 Å². The minimum Gasteiger partial charge on any atom is -0.488 e. The predicted molar refractivity (Wildman–Crippen MR) is 226 cm³/mol. The van der Waals surface area contributed by atoms with E-state index in [4.69, 9.17) is 24.2 Å². The highest BCUT2D eigenvalue weighted by Crippen LogP contribution is 2.44. The molecular formula is C45H54N8O7. The number of hydrogen-bond acceptors (Lipinski definition) is 9. The summed E-state index contributed by atoms with van der Waals surface area (Å²) in [6.45, 7) is 12.6. The zero-order valence-electron chi connectivity index (χ0n) is 35.5. The maximum absolute atomic E-state index is 14.1. The molecule has 0 bridgehead atoms. The lowest BCUT2D eigenvalue weighted by atomic mass is 9.85. The van der Waals surface area contributed by atoms with Crippen LogP contribution >= 0.6 is 0 Å². The molecule has 2 fully saturated rings. The molecule has 3 aliphatic rings. The monoisotopic (exact) mass is 818 g/mol. The van der Waals surface area contributed by atoms with Gasteiger partial charge in [-0.2, -0.15) is 0 Å². The first-order valence-electron chi connectivity index (χ1n) is 20.8. The second kappa shape index (κ2) is 15.8. The van der Waals surface area contributed by atoms with Crippen molar-refractivity contribution >= 4 is 45.8 Å². The number of likely N-dealkylation sites (tertiary alicyclic amines) is 2. The zero-order valence-corrected chi connectivity index (χ0v) is 35.5. The second-order valence-corrected chi connectivity index (χ2v) is 17.7. The predicted octanol–water partition coefficient (Wildman–Crippen LogP) is 7.53. The number of imidazole rings is 2. The third-order valence-electron chi connectivity index (χ3n) is 12.3. The number of hydrogen-bond donors (Lipinski definition) is 4. The van der Waals surface area contributed by atoms with E-state index in [1.54, 1.807) is 0 Å². The van der Waals surface area contributed by atoms with Crippen LogP contribution in [0.4, 0.5) is 9.59 Å². The van der Waals surface area contributed by atoms with Crippen molar-refractivity contribution in [2.45, 2.75) is 104 Å². The molecule has 316 valence electrons. The Morgan fingerprint density at radius 1 is 0.883 bits per heavy atom. The SMILES string of the molecule is COC(=O)N[C@H](C(=O)N1CCC[C@H]1c1nc2ccc3cc4c(cc3c2[nH]1)OCc1cc(-c2cnc([C@@H]3CC[C@H](C)N3C(=O)[C@@H](NC(=O)OC)C(C)(C)C)[nH]2)ccc1-4)C(C)C. The van der Waals surface area contributed by atoms with Crippen LogP contribution in [0, 0.1) is 11.3 Å². The number of carbonyl (C=O) groups excluding carboxylic acids is 4. The van der Waals surface area contributed by atoms with Gasteiger partial charge >= 0.3 is 12.2 Å². The Balaban J connectivity index is 1.04. The number of aromatic amines is 2. The lowest BCUT2D eigenvalue weighted by Crippen LogP contribution is -2.55. The van der Waals surface area contributed by atoms with Crippen LogP contribution in [-0.4, -0.2) is 92.6 Å². The average molecular weight is 819 g/mol. The summed E-state index contributed by atoms with van der Waals surface area (Å²) in [4.78, 5) is 72.6. The van der Waals surface area contributed by atoms with E-state index in [2.05, 4.69) is 57.0 Å². The number of benzene rings is 3. The van der Waals surface area contributed by atoms with Gasteiger partial charge in [-0.25, -0.2) is 19.6 Å². The molecule has 15 nitrogen and oxygen atoms in total. The summed E-state index contributed by atoms with van der Waals surface area (Å²) >= 11 is 0. The van der Waals surface area contributed by atoms with Crippen molar-refractivity contribution in [1.29, 1.82) is 0 Å². The highest BCUT2D eigenvalue weighted by atomic mass is 16.5. The van der Waals surface area contributed by atoms with Crippen molar-refractivity contribution in [3.05, 3.63) is 65.9 Å². The smallest absolute Gasteiger partial charge is 0.407 e. The number of H-pyrrole nitrogens is 2. The summed E-state index contributed by atoms with van der Waals surface area (Å²) in [5, 5.41) is 7.48. The number of alkyl carbamates (subject to hydrolysis) is 2. The van der Waals surface area contributed by atoms with Crippen molar-refractivity contribution in [2.75, 3.05) is 20.8 Å². The highest BCUT2D eigenvalue weighted by Gasteiger charge is 2.44. The minimum atomic E-state index is -0.770. The van der Waals surface area contributed by atoms with Gasteiger partial charge in [-0.1, -0.05) is 52.8 Å². The number of fused-ring (bicyclic) bond motifs is 6. The summed E-state index contributed by atoms with van der Waals surface area (Å²) in [5.41, 5.74) is 6.05. The molecule has 3 aliphatic heterocycles. The highest BCUT2D eigenvalue weighted by molar-refractivity contribution is 6.07. The molecule has 0 saturated carbocycles.